The molecule has 0 spiro atoms. The monoisotopic (exact) mass is 273 g/mol. The molecule has 4 nitrogen and oxygen atoms in total. The number of amides is 1. The van der Waals surface area contributed by atoms with Gasteiger partial charge in [0.25, 0.3) is 0 Å². The molecule has 0 radical (unpaired) electrons. The standard InChI is InChI=1S/C10H16BrN3O/c1-7(11)9(15)13-8-5-6-12-14(8)10(2,3)4/h5-7H,1-4H3,(H,13,15)/t7-/m1/s1. The Balaban J connectivity index is 2.88. The van der Waals surface area contributed by atoms with E-state index in [2.05, 4.69) is 26.3 Å². The predicted octanol–water partition coefficient (Wildman–Crippen LogP) is 2.36. The van der Waals surface area contributed by atoms with E-state index in [1.54, 1.807) is 23.9 Å². The summed E-state index contributed by atoms with van der Waals surface area (Å²) in [6.45, 7) is 7.89. The number of carbonyl (C=O) groups excluding carboxylic acids is 1. The SMILES string of the molecule is C[C@@H](Br)C(=O)Nc1ccnn1C(C)(C)C. The zero-order chi connectivity index (χ0) is 11.6. The van der Waals surface area contributed by atoms with Gasteiger partial charge in [0, 0.05) is 6.07 Å². The van der Waals surface area contributed by atoms with Gasteiger partial charge in [0.1, 0.15) is 5.82 Å². The lowest BCUT2D eigenvalue weighted by Crippen LogP contribution is -2.28. The molecule has 1 amide bonds. The summed E-state index contributed by atoms with van der Waals surface area (Å²) < 4.78 is 1.79. The molecular formula is C10H16BrN3O. The van der Waals surface area contributed by atoms with Gasteiger partial charge in [0.05, 0.1) is 16.6 Å². The first-order chi connectivity index (χ1) is 6.82. The van der Waals surface area contributed by atoms with Gasteiger partial charge in [0.2, 0.25) is 5.91 Å². The Bertz CT molecular complexity index is 352. The fourth-order valence-corrected chi connectivity index (χ4v) is 1.27. The molecule has 0 aromatic carbocycles. The van der Waals surface area contributed by atoms with Gasteiger partial charge >= 0.3 is 0 Å². The number of alkyl halides is 1. The van der Waals surface area contributed by atoms with E-state index in [1.165, 1.54) is 0 Å². The zero-order valence-electron chi connectivity index (χ0n) is 9.41. The number of carbonyl (C=O) groups is 1. The molecule has 0 aliphatic rings. The summed E-state index contributed by atoms with van der Waals surface area (Å²) in [5.74, 6) is 0.653. The van der Waals surface area contributed by atoms with Crippen LogP contribution in [0.3, 0.4) is 0 Å². The first-order valence-corrected chi connectivity index (χ1v) is 5.73. The summed E-state index contributed by atoms with van der Waals surface area (Å²) in [5, 5.41) is 7.00. The highest BCUT2D eigenvalue weighted by Gasteiger charge is 2.19. The molecule has 1 atom stereocenters. The fraction of sp³-hybridized carbons (Fsp3) is 0.600. The number of nitrogens with zero attached hydrogens (tertiary/aromatic N) is 2. The predicted molar refractivity (Wildman–Crippen MR) is 64.2 cm³/mol. The molecule has 5 heteroatoms. The van der Waals surface area contributed by atoms with Crippen LogP contribution >= 0.6 is 15.9 Å². The van der Waals surface area contributed by atoms with Crippen LogP contribution in [0.1, 0.15) is 27.7 Å². The molecule has 0 bridgehead atoms. The molecule has 15 heavy (non-hydrogen) atoms. The molecule has 0 saturated heterocycles. The Hall–Kier alpha value is -0.840. The largest absolute Gasteiger partial charge is 0.310 e. The van der Waals surface area contributed by atoms with Crippen molar-refractivity contribution in [1.82, 2.24) is 9.78 Å². The van der Waals surface area contributed by atoms with E-state index in [1.807, 2.05) is 20.8 Å². The van der Waals surface area contributed by atoms with Gasteiger partial charge in [-0.3, -0.25) is 4.79 Å². The number of rotatable bonds is 2. The van der Waals surface area contributed by atoms with Crippen molar-refractivity contribution in [3.05, 3.63) is 12.3 Å². The van der Waals surface area contributed by atoms with Crippen LogP contribution in [0.2, 0.25) is 0 Å². The zero-order valence-corrected chi connectivity index (χ0v) is 11.0. The highest BCUT2D eigenvalue weighted by molar-refractivity contribution is 9.10. The van der Waals surface area contributed by atoms with E-state index < -0.39 is 0 Å². The van der Waals surface area contributed by atoms with Crippen LogP contribution in [0.25, 0.3) is 0 Å². The van der Waals surface area contributed by atoms with Crippen LogP contribution < -0.4 is 5.32 Å². The van der Waals surface area contributed by atoms with Gasteiger partial charge in [-0.2, -0.15) is 5.10 Å². The van der Waals surface area contributed by atoms with Crippen molar-refractivity contribution in [3.8, 4) is 0 Å². The molecule has 0 fully saturated rings. The van der Waals surface area contributed by atoms with Crippen molar-refractivity contribution < 1.29 is 4.79 Å². The van der Waals surface area contributed by atoms with Crippen LogP contribution in [-0.4, -0.2) is 20.5 Å². The van der Waals surface area contributed by atoms with Crippen LogP contribution in [0.4, 0.5) is 5.82 Å². The van der Waals surface area contributed by atoms with Gasteiger partial charge in [-0.15, -0.1) is 0 Å². The second kappa shape index (κ2) is 4.35. The van der Waals surface area contributed by atoms with E-state index >= 15 is 0 Å². The number of nitrogens with one attached hydrogen (secondary N) is 1. The Labute approximate surface area is 98.2 Å². The molecule has 0 unspecified atom stereocenters. The molecule has 0 aliphatic heterocycles. The number of halogens is 1. The van der Waals surface area contributed by atoms with Gasteiger partial charge in [0.15, 0.2) is 0 Å². The maximum atomic E-state index is 11.5. The van der Waals surface area contributed by atoms with Gasteiger partial charge < -0.3 is 5.32 Å². The third-order valence-corrected chi connectivity index (χ3v) is 2.31. The number of anilines is 1. The lowest BCUT2D eigenvalue weighted by atomic mass is 10.1. The van der Waals surface area contributed by atoms with E-state index in [4.69, 9.17) is 0 Å². The van der Waals surface area contributed by atoms with Gasteiger partial charge in [-0.25, -0.2) is 4.68 Å². The fourth-order valence-electron chi connectivity index (χ4n) is 1.16. The molecular weight excluding hydrogens is 258 g/mol. The summed E-state index contributed by atoms with van der Waals surface area (Å²) in [4.78, 5) is 11.3. The Kier molecular flexibility index (Phi) is 3.54. The lowest BCUT2D eigenvalue weighted by molar-refractivity contribution is -0.115. The number of hydrogen-bond donors (Lipinski definition) is 1. The molecule has 1 aromatic rings. The third kappa shape index (κ3) is 3.06. The minimum absolute atomic E-state index is 0.0685. The quantitative estimate of drug-likeness (QED) is 0.841. The second-order valence-corrected chi connectivity index (χ2v) is 5.78. The smallest absolute Gasteiger partial charge is 0.239 e. The average Bonchev–Trinajstić information content (AvgIpc) is 2.50. The molecule has 1 N–H and O–H groups in total. The highest BCUT2D eigenvalue weighted by atomic mass is 79.9. The molecule has 1 heterocycles. The Morgan fingerprint density at radius 2 is 2.20 bits per heavy atom. The van der Waals surface area contributed by atoms with Crippen molar-refractivity contribution in [2.24, 2.45) is 0 Å². The first-order valence-electron chi connectivity index (χ1n) is 4.82. The maximum Gasteiger partial charge on any atom is 0.239 e. The third-order valence-electron chi connectivity index (χ3n) is 1.89. The topological polar surface area (TPSA) is 46.9 Å². The van der Waals surface area contributed by atoms with Crippen LogP contribution in [0.15, 0.2) is 12.3 Å². The van der Waals surface area contributed by atoms with Crippen LogP contribution in [-0.2, 0) is 10.3 Å². The van der Waals surface area contributed by atoms with Crippen molar-refractivity contribution in [1.29, 1.82) is 0 Å². The first kappa shape index (κ1) is 12.2. The summed E-state index contributed by atoms with van der Waals surface area (Å²) in [7, 11) is 0. The van der Waals surface area contributed by atoms with Crippen LogP contribution in [0.5, 0.6) is 0 Å². The van der Waals surface area contributed by atoms with Crippen molar-refractivity contribution in [2.45, 2.75) is 38.1 Å². The Morgan fingerprint density at radius 3 is 2.67 bits per heavy atom. The molecule has 84 valence electrons. The second-order valence-electron chi connectivity index (χ2n) is 4.40. The van der Waals surface area contributed by atoms with E-state index in [-0.39, 0.29) is 16.3 Å². The molecule has 1 rings (SSSR count). The molecule has 1 aromatic heterocycles. The van der Waals surface area contributed by atoms with Crippen LogP contribution in [0, 0.1) is 0 Å². The minimum atomic E-state index is -0.208. The summed E-state index contributed by atoms with van der Waals surface area (Å²) >= 11 is 3.22. The lowest BCUT2D eigenvalue weighted by Gasteiger charge is -2.22. The van der Waals surface area contributed by atoms with Gasteiger partial charge in [-0.1, -0.05) is 15.9 Å². The van der Waals surface area contributed by atoms with E-state index in [9.17, 15) is 4.79 Å². The van der Waals surface area contributed by atoms with Gasteiger partial charge in [-0.05, 0) is 27.7 Å². The number of aromatic nitrogens is 2. The normalized spacial score (nSPS) is 13.7. The molecule has 0 aliphatic carbocycles. The van der Waals surface area contributed by atoms with Crippen molar-refractivity contribution in [3.63, 3.8) is 0 Å². The number of hydrogen-bond acceptors (Lipinski definition) is 2. The summed E-state index contributed by atoms with van der Waals surface area (Å²) in [6.07, 6.45) is 1.68. The Morgan fingerprint density at radius 1 is 1.60 bits per heavy atom. The van der Waals surface area contributed by atoms with E-state index in [0.717, 1.165) is 5.82 Å². The maximum absolute atomic E-state index is 11.5. The highest BCUT2D eigenvalue weighted by Crippen LogP contribution is 2.19. The summed E-state index contributed by atoms with van der Waals surface area (Å²) in [5.41, 5.74) is -0.137. The van der Waals surface area contributed by atoms with E-state index in [0.29, 0.717) is 0 Å². The van der Waals surface area contributed by atoms with Crippen molar-refractivity contribution >= 4 is 27.7 Å². The summed E-state index contributed by atoms with van der Waals surface area (Å²) in [6, 6.07) is 1.79. The average molecular weight is 274 g/mol. The van der Waals surface area contributed by atoms with Crippen molar-refractivity contribution in [2.75, 3.05) is 5.32 Å². The minimum Gasteiger partial charge on any atom is -0.310 e. The molecule has 0 saturated carbocycles.